The van der Waals surface area contributed by atoms with E-state index < -0.39 is 7.82 Å². The van der Waals surface area contributed by atoms with Crippen molar-refractivity contribution in [3.8, 4) is 0 Å². The standard InChI is InChI=1S/CH4IO4P/c2-1-6-7(3,4)5/h1H2,(H2,3,4,5). The third-order valence-electron chi connectivity index (χ3n) is 0.217. The van der Waals surface area contributed by atoms with Crippen molar-refractivity contribution < 1.29 is 18.9 Å². The summed E-state index contributed by atoms with van der Waals surface area (Å²) in [4.78, 5) is 15.8. The molecule has 0 fully saturated rings. The first-order valence-electron chi connectivity index (χ1n) is 1.32. The second-order valence-electron chi connectivity index (χ2n) is 0.729. The fourth-order valence-electron chi connectivity index (χ4n) is 0.0636. The molecular weight excluding hydrogens is 234 g/mol. The molecule has 2 N–H and O–H groups in total. The highest BCUT2D eigenvalue weighted by atomic mass is 127. The fraction of sp³-hybridized carbons (Fsp3) is 1.00. The summed E-state index contributed by atoms with van der Waals surface area (Å²) in [6.07, 6.45) is 0. The van der Waals surface area contributed by atoms with Gasteiger partial charge in [-0.1, -0.05) is 22.6 Å². The first-order chi connectivity index (χ1) is 3.06. The molecule has 6 heteroatoms. The molecule has 0 aromatic rings. The van der Waals surface area contributed by atoms with Crippen LogP contribution >= 0.6 is 30.4 Å². The van der Waals surface area contributed by atoms with Crippen molar-refractivity contribution >= 4 is 30.4 Å². The van der Waals surface area contributed by atoms with Gasteiger partial charge in [-0.25, -0.2) is 4.57 Å². The summed E-state index contributed by atoms with van der Waals surface area (Å²) < 4.78 is 13.6. The van der Waals surface area contributed by atoms with Crippen LogP contribution < -0.4 is 0 Å². The molecule has 0 aliphatic heterocycles. The molecule has 0 atom stereocenters. The van der Waals surface area contributed by atoms with E-state index in [-0.39, 0.29) is 4.61 Å². The Kier molecular flexibility index (Phi) is 3.34. The number of phosphoric acid groups is 1. The second kappa shape index (κ2) is 2.99. The van der Waals surface area contributed by atoms with Crippen molar-refractivity contribution in [2.24, 2.45) is 0 Å². The van der Waals surface area contributed by atoms with Gasteiger partial charge in [-0.05, 0) is 0 Å². The summed E-state index contributed by atoms with van der Waals surface area (Å²) in [6, 6.07) is 0. The molecule has 7 heavy (non-hydrogen) atoms. The molecule has 44 valence electrons. The first kappa shape index (κ1) is 7.84. The molecule has 0 unspecified atom stereocenters. The Morgan fingerprint density at radius 3 is 2.14 bits per heavy atom. The van der Waals surface area contributed by atoms with Crippen molar-refractivity contribution in [1.82, 2.24) is 0 Å². The van der Waals surface area contributed by atoms with Gasteiger partial charge in [-0.3, -0.25) is 4.52 Å². The Morgan fingerprint density at radius 2 is 2.14 bits per heavy atom. The van der Waals surface area contributed by atoms with Gasteiger partial charge < -0.3 is 9.79 Å². The zero-order valence-corrected chi connectivity index (χ0v) is 6.30. The van der Waals surface area contributed by atoms with Crippen LogP contribution in [0.5, 0.6) is 0 Å². The molecule has 0 rings (SSSR count). The molecule has 0 spiro atoms. The maximum Gasteiger partial charge on any atom is 0.470 e. The lowest BCUT2D eigenvalue weighted by Crippen LogP contribution is -1.81. The first-order valence-corrected chi connectivity index (χ1v) is 4.38. The summed E-state index contributed by atoms with van der Waals surface area (Å²) in [5.41, 5.74) is 0. The summed E-state index contributed by atoms with van der Waals surface area (Å²) in [5, 5.41) is 0. The molecule has 0 bridgehead atoms. The minimum absolute atomic E-state index is 0.0159. The largest absolute Gasteiger partial charge is 0.470 e. The van der Waals surface area contributed by atoms with Gasteiger partial charge in [0.25, 0.3) is 0 Å². The number of rotatable bonds is 2. The van der Waals surface area contributed by atoms with Gasteiger partial charge in [0.2, 0.25) is 0 Å². The van der Waals surface area contributed by atoms with Crippen LogP contribution in [0.2, 0.25) is 0 Å². The van der Waals surface area contributed by atoms with Crippen LogP contribution in [-0.2, 0) is 9.09 Å². The topological polar surface area (TPSA) is 66.8 Å². The van der Waals surface area contributed by atoms with Gasteiger partial charge in [0.1, 0.15) is 4.61 Å². The fourth-order valence-corrected chi connectivity index (χ4v) is 1.28. The molecule has 0 amide bonds. The van der Waals surface area contributed by atoms with Crippen LogP contribution in [0.3, 0.4) is 0 Å². The van der Waals surface area contributed by atoms with Gasteiger partial charge in [0.05, 0.1) is 0 Å². The van der Waals surface area contributed by atoms with E-state index in [0.29, 0.717) is 0 Å². The van der Waals surface area contributed by atoms with Crippen molar-refractivity contribution in [3.05, 3.63) is 0 Å². The molecule has 0 aliphatic rings. The van der Waals surface area contributed by atoms with Crippen molar-refractivity contribution in [3.63, 3.8) is 0 Å². The molecule has 0 radical (unpaired) electrons. The van der Waals surface area contributed by atoms with Gasteiger partial charge in [0.15, 0.2) is 0 Å². The van der Waals surface area contributed by atoms with E-state index in [2.05, 4.69) is 4.52 Å². The molecule has 0 aromatic heterocycles. The maximum absolute atomic E-state index is 9.70. The highest BCUT2D eigenvalue weighted by Gasteiger charge is 2.10. The van der Waals surface area contributed by atoms with Crippen LogP contribution in [0.15, 0.2) is 0 Å². The second-order valence-corrected chi connectivity index (χ2v) is 2.59. The van der Waals surface area contributed by atoms with Gasteiger partial charge >= 0.3 is 7.82 Å². The van der Waals surface area contributed by atoms with Crippen LogP contribution in [0.1, 0.15) is 0 Å². The van der Waals surface area contributed by atoms with Crippen molar-refractivity contribution in [2.75, 3.05) is 4.61 Å². The normalized spacial score (nSPS) is 11.9. The Balaban J connectivity index is 3.36. The Labute approximate surface area is 54.3 Å². The average molecular weight is 238 g/mol. The Morgan fingerprint density at radius 1 is 1.71 bits per heavy atom. The summed E-state index contributed by atoms with van der Waals surface area (Å²) in [5.74, 6) is 0. The van der Waals surface area contributed by atoms with Crippen molar-refractivity contribution in [2.45, 2.75) is 0 Å². The Hall–Kier alpha value is 0.840. The molecule has 0 aromatic carbocycles. The van der Waals surface area contributed by atoms with E-state index in [1.165, 1.54) is 0 Å². The molecule has 0 saturated heterocycles. The number of halogens is 1. The highest BCUT2D eigenvalue weighted by molar-refractivity contribution is 14.1. The van der Waals surface area contributed by atoms with Gasteiger partial charge in [-0.2, -0.15) is 0 Å². The van der Waals surface area contributed by atoms with E-state index >= 15 is 0 Å². The van der Waals surface area contributed by atoms with Crippen LogP contribution in [0, 0.1) is 0 Å². The highest BCUT2D eigenvalue weighted by Crippen LogP contribution is 2.35. The SMILES string of the molecule is O=P(O)(O)OCI. The lowest BCUT2D eigenvalue weighted by atomic mass is 11.8. The molecule has 0 aliphatic carbocycles. The molecule has 0 heterocycles. The lowest BCUT2D eigenvalue weighted by molar-refractivity contribution is 0.231. The predicted molar refractivity (Wildman–Crippen MR) is 32.0 cm³/mol. The number of hydrogen-bond donors (Lipinski definition) is 2. The molecular formula is CH4IO4P. The molecule has 0 saturated carbocycles. The van der Waals surface area contributed by atoms with Crippen LogP contribution in [0.4, 0.5) is 0 Å². The molecule has 4 nitrogen and oxygen atoms in total. The summed E-state index contributed by atoms with van der Waals surface area (Å²) in [6.45, 7) is 0. The van der Waals surface area contributed by atoms with E-state index in [9.17, 15) is 4.57 Å². The number of hydrogen-bond acceptors (Lipinski definition) is 2. The van der Waals surface area contributed by atoms with E-state index in [4.69, 9.17) is 9.79 Å². The lowest BCUT2D eigenvalue weighted by Gasteiger charge is -1.97. The summed E-state index contributed by atoms with van der Waals surface area (Å²) in [7, 11) is -4.17. The Bertz CT molecular complexity index is 85.7. The predicted octanol–water partition coefficient (Wildman–Crippen LogP) is 0.488. The van der Waals surface area contributed by atoms with Gasteiger partial charge in [0, 0.05) is 0 Å². The van der Waals surface area contributed by atoms with E-state index in [1.807, 2.05) is 0 Å². The maximum atomic E-state index is 9.70. The van der Waals surface area contributed by atoms with Crippen LogP contribution in [-0.4, -0.2) is 14.4 Å². The average Bonchev–Trinajstić information content (AvgIpc) is 1.30. The summed E-state index contributed by atoms with van der Waals surface area (Å²) >= 11 is 1.70. The van der Waals surface area contributed by atoms with Gasteiger partial charge in [-0.15, -0.1) is 0 Å². The minimum Gasteiger partial charge on any atom is -0.303 e. The quantitative estimate of drug-likeness (QED) is 0.417. The number of phosphoric ester groups is 1. The monoisotopic (exact) mass is 238 g/mol. The van der Waals surface area contributed by atoms with Crippen molar-refractivity contribution in [1.29, 1.82) is 0 Å². The van der Waals surface area contributed by atoms with E-state index in [1.54, 1.807) is 22.6 Å². The zero-order chi connectivity index (χ0) is 5.91. The third kappa shape index (κ3) is 6.84. The van der Waals surface area contributed by atoms with E-state index in [0.717, 1.165) is 0 Å². The van der Waals surface area contributed by atoms with Crippen LogP contribution in [0.25, 0.3) is 0 Å². The smallest absolute Gasteiger partial charge is 0.303 e. The number of alkyl halides is 1. The zero-order valence-electron chi connectivity index (χ0n) is 3.24. The minimum atomic E-state index is -4.17. The third-order valence-corrected chi connectivity index (χ3v) is 1.49.